The lowest BCUT2D eigenvalue weighted by atomic mass is 10.1. The fraction of sp³-hybridized carbons (Fsp3) is 0.250. The lowest BCUT2D eigenvalue weighted by molar-refractivity contribution is -0.121. The molecule has 1 aromatic heterocycles. The Morgan fingerprint density at radius 3 is 2.59 bits per heavy atom. The molecule has 0 bridgehead atoms. The summed E-state index contributed by atoms with van der Waals surface area (Å²) in [4.78, 5) is 30.9. The molecule has 1 amide bonds. The third kappa shape index (κ3) is 3.30. The Labute approximate surface area is 162 Å². The molecule has 0 spiro atoms. The van der Waals surface area contributed by atoms with Crippen molar-refractivity contribution in [2.75, 3.05) is 21.2 Å². The first-order valence-electron chi connectivity index (χ1n) is 8.40. The van der Waals surface area contributed by atoms with Crippen molar-refractivity contribution in [3.8, 4) is 5.69 Å². The number of ether oxygens (including phenoxy) is 1. The zero-order valence-corrected chi connectivity index (χ0v) is 16.8. The molecule has 7 heteroatoms. The van der Waals surface area contributed by atoms with Gasteiger partial charge in [0, 0.05) is 25.5 Å². The SMILES string of the molecule is CN=C1S/C(=C\c2cc(C)n(-c3ccccc3C(=O)OC)c2C)C(=O)N1C. The van der Waals surface area contributed by atoms with Gasteiger partial charge < -0.3 is 9.30 Å². The van der Waals surface area contributed by atoms with Gasteiger partial charge in [0.1, 0.15) is 0 Å². The van der Waals surface area contributed by atoms with Crippen LogP contribution in [0.15, 0.2) is 40.2 Å². The second-order valence-corrected chi connectivity index (χ2v) is 7.16. The normalized spacial score (nSPS) is 17.2. The summed E-state index contributed by atoms with van der Waals surface area (Å²) < 4.78 is 6.91. The Bertz CT molecular complexity index is 988. The van der Waals surface area contributed by atoms with Crippen molar-refractivity contribution in [2.45, 2.75) is 13.8 Å². The number of amides is 1. The number of benzene rings is 1. The molecule has 0 aliphatic carbocycles. The van der Waals surface area contributed by atoms with Gasteiger partial charge in [0.2, 0.25) is 0 Å². The van der Waals surface area contributed by atoms with Crippen LogP contribution < -0.4 is 0 Å². The standard InChI is InChI=1S/C20H21N3O3S/c1-12-10-14(11-17-18(24)22(4)20(21-3)27-17)13(2)23(12)16-9-7-6-8-15(16)19(25)26-5/h6-11H,1-5H3/b17-11-,21-20?. The highest BCUT2D eigenvalue weighted by atomic mass is 32.2. The molecule has 3 rings (SSSR count). The third-order valence-corrected chi connectivity index (χ3v) is 5.65. The van der Waals surface area contributed by atoms with Gasteiger partial charge in [-0.1, -0.05) is 12.1 Å². The highest BCUT2D eigenvalue weighted by molar-refractivity contribution is 8.18. The van der Waals surface area contributed by atoms with Gasteiger partial charge in [0.15, 0.2) is 5.17 Å². The number of hydrogen-bond acceptors (Lipinski definition) is 5. The van der Waals surface area contributed by atoms with E-state index in [0.29, 0.717) is 15.6 Å². The first-order valence-corrected chi connectivity index (χ1v) is 9.21. The first-order chi connectivity index (χ1) is 12.9. The van der Waals surface area contributed by atoms with E-state index < -0.39 is 0 Å². The topological polar surface area (TPSA) is 63.9 Å². The number of aromatic nitrogens is 1. The number of aryl methyl sites for hydroxylation is 1. The average molecular weight is 383 g/mol. The number of amidine groups is 1. The Morgan fingerprint density at radius 2 is 1.96 bits per heavy atom. The van der Waals surface area contributed by atoms with Crippen LogP contribution in [0.5, 0.6) is 0 Å². The maximum absolute atomic E-state index is 12.4. The first kappa shape index (κ1) is 19.0. The van der Waals surface area contributed by atoms with Crippen LogP contribution in [0.3, 0.4) is 0 Å². The van der Waals surface area contributed by atoms with E-state index in [9.17, 15) is 9.59 Å². The molecule has 2 heterocycles. The van der Waals surface area contributed by atoms with Gasteiger partial charge in [-0.2, -0.15) is 0 Å². The van der Waals surface area contributed by atoms with Crippen molar-refractivity contribution in [3.63, 3.8) is 0 Å². The number of aliphatic imine (C=N–C) groups is 1. The quantitative estimate of drug-likeness (QED) is 0.602. The Kier molecular flexibility index (Phi) is 5.23. The summed E-state index contributed by atoms with van der Waals surface area (Å²) in [5.74, 6) is -0.453. The molecule has 0 radical (unpaired) electrons. The molecule has 27 heavy (non-hydrogen) atoms. The number of hydrogen-bond donors (Lipinski definition) is 0. The summed E-state index contributed by atoms with van der Waals surface area (Å²) in [5, 5.41) is 0.677. The molecule has 140 valence electrons. The number of carbonyl (C=O) groups excluding carboxylic acids is 2. The molecule has 6 nitrogen and oxygen atoms in total. The number of thioether (sulfide) groups is 1. The van der Waals surface area contributed by atoms with Crippen LogP contribution in [0, 0.1) is 13.8 Å². The van der Waals surface area contributed by atoms with Crippen molar-refractivity contribution < 1.29 is 14.3 Å². The Hall–Kier alpha value is -2.80. The fourth-order valence-corrected chi connectivity index (χ4v) is 4.06. The summed E-state index contributed by atoms with van der Waals surface area (Å²) in [6, 6.07) is 9.32. The van der Waals surface area contributed by atoms with E-state index >= 15 is 0 Å². The minimum atomic E-state index is -0.384. The van der Waals surface area contributed by atoms with Gasteiger partial charge in [-0.05, 0) is 55.4 Å². The number of esters is 1. The lowest BCUT2D eigenvalue weighted by Crippen LogP contribution is -2.23. The van der Waals surface area contributed by atoms with E-state index in [1.54, 1.807) is 25.1 Å². The molecule has 0 saturated carbocycles. The van der Waals surface area contributed by atoms with Crippen molar-refractivity contribution in [1.29, 1.82) is 0 Å². The molecule has 0 atom stereocenters. The van der Waals surface area contributed by atoms with Crippen LogP contribution in [0.2, 0.25) is 0 Å². The summed E-state index contributed by atoms with van der Waals surface area (Å²) >= 11 is 1.36. The van der Waals surface area contributed by atoms with E-state index in [2.05, 4.69) is 4.99 Å². The third-order valence-electron chi connectivity index (χ3n) is 4.50. The van der Waals surface area contributed by atoms with Gasteiger partial charge in [0.05, 0.1) is 23.3 Å². The number of rotatable bonds is 3. The van der Waals surface area contributed by atoms with E-state index in [-0.39, 0.29) is 11.9 Å². The highest BCUT2D eigenvalue weighted by Crippen LogP contribution is 2.33. The molecule has 1 aromatic carbocycles. The van der Waals surface area contributed by atoms with E-state index in [1.165, 1.54) is 18.9 Å². The fourth-order valence-electron chi connectivity index (χ4n) is 3.15. The molecule has 2 aromatic rings. The van der Waals surface area contributed by atoms with Crippen molar-refractivity contribution in [1.82, 2.24) is 9.47 Å². The van der Waals surface area contributed by atoms with E-state index in [0.717, 1.165) is 22.6 Å². The smallest absolute Gasteiger partial charge is 0.339 e. The maximum Gasteiger partial charge on any atom is 0.339 e. The predicted octanol–water partition coefficient (Wildman–Crippen LogP) is 3.41. The van der Waals surface area contributed by atoms with Crippen LogP contribution in [-0.2, 0) is 9.53 Å². The van der Waals surface area contributed by atoms with Gasteiger partial charge in [-0.3, -0.25) is 14.7 Å². The van der Waals surface area contributed by atoms with Crippen molar-refractivity contribution >= 4 is 34.9 Å². The van der Waals surface area contributed by atoms with Crippen LogP contribution in [0.1, 0.15) is 27.3 Å². The zero-order valence-electron chi connectivity index (χ0n) is 15.9. The number of nitrogens with zero attached hydrogens (tertiary/aromatic N) is 3. The molecular weight excluding hydrogens is 362 g/mol. The number of methoxy groups -OCH3 is 1. The molecule has 0 unspecified atom stereocenters. The molecule has 1 aliphatic heterocycles. The second kappa shape index (κ2) is 7.44. The van der Waals surface area contributed by atoms with E-state index in [4.69, 9.17) is 4.74 Å². The van der Waals surface area contributed by atoms with Crippen molar-refractivity contribution in [3.05, 3.63) is 57.8 Å². The van der Waals surface area contributed by atoms with Crippen molar-refractivity contribution in [2.24, 2.45) is 4.99 Å². The number of likely N-dealkylation sites (N-methyl/N-ethyl adjacent to an activating group) is 1. The number of para-hydroxylation sites is 1. The molecule has 0 N–H and O–H groups in total. The summed E-state index contributed by atoms with van der Waals surface area (Å²) in [6.07, 6.45) is 1.88. The van der Waals surface area contributed by atoms with Crippen LogP contribution in [-0.4, -0.2) is 47.7 Å². The van der Waals surface area contributed by atoms with Crippen LogP contribution >= 0.6 is 11.8 Å². The van der Waals surface area contributed by atoms with E-state index in [1.807, 2.05) is 48.8 Å². The maximum atomic E-state index is 12.4. The average Bonchev–Trinajstić information content (AvgIpc) is 3.10. The van der Waals surface area contributed by atoms with Gasteiger partial charge in [-0.15, -0.1) is 0 Å². The largest absolute Gasteiger partial charge is 0.465 e. The second-order valence-electron chi connectivity index (χ2n) is 6.15. The predicted molar refractivity (Wildman–Crippen MR) is 108 cm³/mol. The highest BCUT2D eigenvalue weighted by Gasteiger charge is 2.30. The zero-order chi connectivity index (χ0) is 19.7. The number of carbonyl (C=O) groups is 2. The summed E-state index contributed by atoms with van der Waals surface area (Å²) in [5.41, 5.74) is 4.07. The minimum absolute atomic E-state index is 0.0691. The van der Waals surface area contributed by atoms with Gasteiger partial charge in [-0.25, -0.2) is 4.79 Å². The monoisotopic (exact) mass is 383 g/mol. The van der Waals surface area contributed by atoms with Crippen LogP contribution in [0.25, 0.3) is 11.8 Å². The van der Waals surface area contributed by atoms with Crippen LogP contribution in [0.4, 0.5) is 0 Å². The Morgan fingerprint density at radius 1 is 1.26 bits per heavy atom. The lowest BCUT2D eigenvalue weighted by Gasteiger charge is -2.13. The van der Waals surface area contributed by atoms with Gasteiger partial charge in [0.25, 0.3) is 5.91 Å². The molecule has 1 saturated heterocycles. The molecule has 1 fully saturated rings. The molecular formula is C20H21N3O3S. The Balaban J connectivity index is 2.09. The minimum Gasteiger partial charge on any atom is -0.465 e. The summed E-state index contributed by atoms with van der Waals surface area (Å²) in [7, 11) is 4.76. The molecule has 1 aliphatic rings. The summed E-state index contributed by atoms with van der Waals surface area (Å²) in [6.45, 7) is 3.94. The van der Waals surface area contributed by atoms with Gasteiger partial charge >= 0.3 is 5.97 Å².